The first kappa shape index (κ1) is 19.8. The van der Waals surface area contributed by atoms with Crippen LogP contribution in [0.5, 0.6) is 0 Å². The van der Waals surface area contributed by atoms with Crippen molar-refractivity contribution < 1.29 is 18.5 Å². The molecule has 1 unspecified atom stereocenters. The zero-order valence-corrected chi connectivity index (χ0v) is 16.5. The standard InChI is InChI=1S/C19H27N3O4S/c1-26-14-13-22-17(23)15-27(25)19(22)8-11-21(12-9-19)18(24)20-10-7-16-5-3-2-4-6-16/h2-6H,7-15H2,1H3,(H,20,24). The smallest absolute Gasteiger partial charge is 0.317 e. The van der Waals surface area contributed by atoms with Gasteiger partial charge in [0.25, 0.3) is 0 Å². The Hall–Kier alpha value is -1.93. The molecule has 148 valence electrons. The third-order valence-corrected chi connectivity index (χ3v) is 7.34. The lowest BCUT2D eigenvalue weighted by Crippen LogP contribution is -2.57. The minimum Gasteiger partial charge on any atom is -0.383 e. The first-order valence-corrected chi connectivity index (χ1v) is 10.6. The van der Waals surface area contributed by atoms with E-state index in [-0.39, 0.29) is 17.7 Å². The summed E-state index contributed by atoms with van der Waals surface area (Å²) in [5.74, 6) is -0.00127. The van der Waals surface area contributed by atoms with E-state index in [1.165, 1.54) is 5.56 Å². The van der Waals surface area contributed by atoms with Gasteiger partial charge >= 0.3 is 6.03 Å². The van der Waals surface area contributed by atoms with Crippen LogP contribution in [0.15, 0.2) is 30.3 Å². The molecule has 1 aromatic carbocycles. The van der Waals surface area contributed by atoms with Crippen molar-refractivity contribution in [3.8, 4) is 0 Å². The monoisotopic (exact) mass is 393 g/mol. The summed E-state index contributed by atoms with van der Waals surface area (Å²) in [5.41, 5.74) is 1.18. The van der Waals surface area contributed by atoms with Crippen LogP contribution in [0.3, 0.4) is 0 Å². The summed E-state index contributed by atoms with van der Waals surface area (Å²) in [6.07, 6.45) is 1.87. The summed E-state index contributed by atoms with van der Waals surface area (Å²) in [6, 6.07) is 9.92. The Kier molecular flexibility index (Phi) is 6.49. The van der Waals surface area contributed by atoms with Crippen molar-refractivity contribution in [2.24, 2.45) is 0 Å². The third-order valence-electron chi connectivity index (χ3n) is 5.36. The minimum absolute atomic E-state index is 0.0764. The summed E-state index contributed by atoms with van der Waals surface area (Å²) >= 11 is 0. The Labute approximate surface area is 162 Å². The number of nitrogens with zero attached hydrogens (tertiary/aromatic N) is 2. The number of amides is 3. The number of hydrogen-bond acceptors (Lipinski definition) is 4. The molecule has 0 aromatic heterocycles. The highest BCUT2D eigenvalue weighted by molar-refractivity contribution is 7.87. The summed E-state index contributed by atoms with van der Waals surface area (Å²) < 4.78 is 17.7. The van der Waals surface area contributed by atoms with Crippen molar-refractivity contribution >= 4 is 22.7 Å². The number of urea groups is 1. The van der Waals surface area contributed by atoms with Crippen molar-refractivity contribution in [2.75, 3.05) is 45.6 Å². The van der Waals surface area contributed by atoms with E-state index >= 15 is 0 Å². The maximum Gasteiger partial charge on any atom is 0.317 e. The molecule has 2 aliphatic rings. The number of hydrogen-bond donors (Lipinski definition) is 1. The molecule has 1 N–H and O–H groups in total. The van der Waals surface area contributed by atoms with Gasteiger partial charge in [0, 0.05) is 46.1 Å². The Morgan fingerprint density at radius 1 is 1.26 bits per heavy atom. The molecule has 2 heterocycles. The van der Waals surface area contributed by atoms with Gasteiger partial charge < -0.3 is 19.9 Å². The molecular formula is C19H27N3O4S. The Morgan fingerprint density at radius 2 is 1.96 bits per heavy atom. The zero-order chi connectivity index (χ0) is 19.3. The van der Waals surface area contributed by atoms with Crippen LogP contribution in [0.1, 0.15) is 18.4 Å². The van der Waals surface area contributed by atoms with Crippen molar-refractivity contribution in [3.05, 3.63) is 35.9 Å². The fourth-order valence-electron chi connectivity index (χ4n) is 3.81. The summed E-state index contributed by atoms with van der Waals surface area (Å²) in [6.45, 7) is 2.45. The highest BCUT2D eigenvalue weighted by Gasteiger charge is 2.52. The maximum atomic E-state index is 12.6. The second-order valence-corrected chi connectivity index (χ2v) is 8.67. The van der Waals surface area contributed by atoms with Crippen molar-refractivity contribution in [2.45, 2.75) is 24.1 Å². The van der Waals surface area contributed by atoms with E-state index in [9.17, 15) is 13.8 Å². The number of piperidine rings is 1. The highest BCUT2D eigenvalue weighted by atomic mass is 32.2. The lowest BCUT2D eigenvalue weighted by atomic mass is 10.0. The lowest BCUT2D eigenvalue weighted by molar-refractivity contribution is -0.131. The number of ether oxygens (including phenoxy) is 1. The number of likely N-dealkylation sites (tertiary alicyclic amines) is 1. The van der Waals surface area contributed by atoms with Crippen LogP contribution in [-0.4, -0.2) is 76.5 Å². The molecule has 1 spiro atoms. The van der Waals surface area contributed by atoms with Gasteiger partial charge in [0.15, 0.2) is 0 Å². The molecule has 1 atom stereocenters. The van der Waals surface area contributed by atoms with E-state index in [0.717, 1.165) is 6.42 Å². The number of methoxy groups -OCH3 is 1. The van der Waals surface area contributed by atoms with Gasteiger partial charge in [0.05, 0.1) is 17.4 Å². The van der Waals surface area contributed by atoms with E-state index in [0.29, 0.717) is 45.6 Å². The fourth-order valence-corrected chi connectivity index (χ4v) is 5.54. The predicted octanol–water partition coefficient (Wildman–Crippen LogP) is 0.968. The summed E-state index contributed by atoms with van der Waals surface area (Å²) in [5, 5.41) is 2.96. The van der Waals surface area contributed by atoms with E-state index in [1.54, 1.807) is 16.9 Å². The summed E-state index contributed by atoms with van der Waals surface area (Å²) in [4.78, 5) is 27.5. The number of nitrogens with one attached hydrogen (secondary N) is 1. The Bertz CT molecular complexity index is 689. The molecule has 2 fully saturated rings. The van der Waals surface area contributed by atoms with E-state index in [2.05, 4.69) is 5.32 Å². The van der Waals surface area contributed by atoms with Gasteiger partial charge in [-0.2, -0.15) is 0 Å². The van der Waals surface area contributed by atoms with Gasteiger partial charge in [0.1, 0.15) is 10.6 Å². The number of carbonyl (C=O) groups is 2. The molecule has 3 amide bonds. The Balaban J connectivity index is 1.52. The zero-order valence-electron chi connectivity index (χ0n) is 15.7. The van der Waals surface area contributed by atoms with Crippen molar-refractivity contribution in [1.29, 1.82) is 0 Å². The van der Waals surface area contributed by atoms with Gasteiger partial charge in [-0.25, -0.2) is 4.79 Å². The van der Waals surface area contributed by atoms with Crippen LogP contribution in [0.2, 0.25) is 0 Å². The molecule has 7 nitrogen and oxygen atoms in total. The molecule has 0 saturated carbocycles. The number of carbonyl (C=O) groups excluding carboxylic acids is 2. The van der Waals surface area contributed by atoms with Crippen molar-refractivity contribution in [1.82, 2.24) is 15.1 Å². The lowest BCUT2D eigenvalue weighted by Gasteiger charge is -2.43. The van der Waals surface area contributed by atoms with E-state index in [1.807, 2.05) is 30.3 Å². The molecule has 0 bridgehead atoms. The number of benzene rings is 1. The molecule has 2 saturated heterocycles. The predicted molar refractivity (Wildman–Crippen MR) is 104 cm³/mol. The largest absolute Gasteiger partial charge is 0.383 e. The summed E-state index contributed by atoms with van der Waals surface area (Å²) in [7, 11) is 0.362. The second-order valence-electron chi connectivity index (χ2n) is 6.93. The van der Waals surface area contributed by atoms with Crippen LogP contribution in [0.25, 0.3) is 0 Å². The second kappa shape index (κ2) is 8.84. The molecule has 0 aliphatic carbocycles. The van der Waals surface area contributed by atoms with Gasteiger partial charge in [-0.1, -0.05) is 30.3 Å². The molecule has 1 aromatic rings. The van der Waals surface area contributed by atoms with Gasteiger partial charge in [0.2, 0.25) is 5.91 Å². The third kappa shape index (κ3) is 4.32. The first-order chi connectivity index (χ1) is 13.1. The van der Waals surface area contributed by atoms with Crippen LogP contribution >= 0.6 is 0 Å². The average Bonchev–Trinajstić information content (AvgIpc) is 2.90. The molecule has 0 radical (unpaired) electrons. The van der Waals surface area contributed by atoms with Crippen LogP contribution < -0.4 is 5.32 Å². The highest BCUT2D eigenvalue weighted by Crippen LogP contribution is 2.37. The number of rotatable bonds is 6. The Morgan fingerprint density at radius 3 is 2.63 bits per heavy atom. The average molecular weight is 394 g/mol. The quantitative estimate of drug-likeness (QED) is 0.781. The molecular weight excluding hydrogens is 366 g/mol. The van der Waals surface area contributed by atoms with Gasteiger partial charge in [-0.15, -0.1) is 0 Å². The topological polar surface area (TPSA) is 79.0 Å². The molecule has 8 heteroatoms. The molecule has 27 heavy (non-hydrogen) atoms. The van der Waals surface area contributed by atoms with Crippen molar-refractivity contribution in [3.63, 3.8) is 0 Å². The normalized spacial score (nSPS) is 21.7. The SMILES string of the molecule is COCCN1C(=O)CS(=O)C12CCN(C(=O)NCCc1ccccc1)CC2. The van der Waals surface area contributed by atoms with Gasteiger partial charge in [-0.3, -0.25) is 9.00 Å². The van der Waals surface area contributed by atoms with Crippen LogP contribution in [0, 0.1) is 0 Å². The van der Waals surface area contributed by atoms with Crippen LogP contribution in [-0.2, 0) is 26.8 Å². The maximum absolute atomic E-state index is 12.6. The fraction of sp³-hybridized carbons (Fsp3) is 0.579. The van der Waals surface area contributed by atoms with Gasteiger partial charge in [-0.05, 0) is 12.0 Å². The minimum atomic E-state index is -1.23. The van der Waals surface area contributed by atoms with E-state index < -0.39 is 15.7 Å². The van der Waals surface area contributed by atoms with Crippen LogP contribution in [0.4, 0.5) is 4.79 Å². The molecule has 3 rings (SSSR count). The first-order valence-electron chi connectivity index (χ1n) is 9.31. The van der Waals surface area contributed by atoms with E-state index in [4.69, 9.17) is 4.74 Å². The molecule has 2 aliphatic heterocycles.